The van der Waals surface area contributed by atoms with E-state index in [1.807, 2.05) is 40.9 Å². The average Bonchev–Trinajstić information content (AvgIpc) is 3.11. The molecule has 0 aromatic rings. The molecule has 0 amide bonds. The monoisotopic (exact) mass is 790 g/mol. The predicted molar refractivity (Wildman–Crippen MR) is 242 cm³/mol. The van der Waals surface area contributed by atoms with Crippen LogP contribution < -0.4 is 0 Å². The number of nitrogens with zero attached hydrogens (tertiary/aromatic N) is 1. The van der Waals surface area contributed by atoms with Gasteiger partial charge in [0.1, 0.15) is 18.0 Å². The zero-order valence-corrected chi connectivity index (χ0v) is 39.1. The smallest absolute Gasteiger partial charge is 0.306 e. The zero-order valence-electron chi connectivity index (χ0n) is 39.1. The number of unbranched alkanes of at least 4 members (excludes halogenated alkanes) is 16. The van der Waals surface area contributed by atoms with Gasteiger partial charge in [-0.05, 0) is 117 Å². The number of hydrogen-bond acceptors (Lipinski definition) is 6. The molecular weight excluding hydrogens is 695 g/mol. The summed E-state index contributed by atoms with van der Waals surface area (Å²) < 4.78 is 10.5. The maximum atomic E-state index is 12.2. The van der Waals surface area contributed by atoms with Crippen LogP contribution in [0, 0.1) is 11.3 Å². The van der Waals surface area contributed by atoms with E-state index in [0.717, 1.165) is 63.8 Å². The van der Waals surface area contributed by atoms with Gasteiger partial charge >= 0.3 is 11.9 Å². The van der Waals surface area contributed by atoms with Gasteiger partial charge in [0.15, 0.2) is 0 Å². The second-order valence-electron chi connectivity index (χ2n) is 18.6. The molecule has 0 saturated heterocycles. The topological polar surface area (TPSA) is 72.9 Å². The number of Topliss-reactive ketones (excluding diaryl/α,β-unsaturated/α-hetero) is 1. The van der Waals surface area contributed by atoms with E-state index in [1.165, 1.54) is 116 Å². The van der Waals surface area contributed by atoms with Crippen LogP contribution in [0.1, 0.15) is 235 Å². The van der Waals surface area contributed by atoms with Crippen molar-refractivity contribution in [1.82, 2.24) is 4.90 Å². The van der Waals surface area contributed by atoms with Gasteiger partial charge in [0.25, 0.3) is 0 Å². The van der Waals surface area contributed by atoms with Crippen LogP contribution in [0.3, 0.4) is 0 Å². The third-order valence-corrected chi connectivity index (χ3v) is 10.3. The van der Waals surface area contributed by atoms with Crippen molar-refractivity contribution >= 4 is 17.7 Å². The van der Waals surface area contributed by atoms with E-state index >= 15 is 0 Å². The first-order chi connectivity index (χ1) is 26.6. The van der Waals surface area contributed by atoms with Gasteiger partial charge in [0.2, 0.25) is 0 Å². The van der Waals surface area contributed by atoms with Gasteiger partial charge < -0.3 is 14.4 Å². The molecule has 1 unspecified atom stereocenters. The molecule has 6 nitrogen and oxygen atoms in total. The summed E-state index contributed by atoms with van der Waals surface area (Å²) in [7, 11) is 3.99. The van der Waals surface area contributed by atoms with Gasteiger partial charge in [0, 0.05) is 25.7 Å². The minimum Gasteiger partial charge on any atom is -0.461 e. The molecule has 0 aromatic heterocycles. The molecule has 0 aliphatic rings. The molecule has 6 heteroatoms. The number of hydrogen-bond donors (Lipinski definition) is 0. The largest absolute Gasteiger partial charge is 0.461 e. The molecule has 0 aromatic carbocycles. The van der Waals surface area contributed by atoms with Crippen LogP contribution in [0.4, 0.5) is 0 Å². The van der Waals surface area contributed by atoms with E-state index in [4.69, 9.17) is 9.47 Å². The van der Waals surface area contributed by atoms with Crippen molar-refractivity contribution in [3.63, 3.8) is 0 Å². The lowest BCUT2D eigenvalue weighted by atomic mass is 9.75. The predicted octanol–water partition coefficient (Wildman–Crippen LogP) is 14.7. The number of allylic oxidation sites excluding steroid dienone is 3. The molecule has 1 atom stereocenters. The van der Waals surface area contributed by atoms with Crippen molar-refractivity contribution in [3.05, 3.63) is 24.3 Å². The highest BCUT2D eigenvalue weighted by Gasteiger charge is 2.23. The zero-order chi connectivity index (χ0) is 42.3. The Balaban J connectivity index is 0. The lowest BCUT2D eigenvalue weighted by Crippen LogP contribution is -2.24. The number of rotatable bonds is 35. The van der Waals surface area contributed by atoms with Crippen LogP contribution in [0.2, 0.25) is 0 Å². The summed E-state index contributed by atoms with van der Waals surface area (Å²) >= 11 is 0. The highest BCUT2D eigenvalue weighted by Crippen LogP contribution is 2.34. The first kappa shape index (κ1) is 56.1. The third kappa shape index (κ3) is 44.8. The summed E-state index contributed by atoms with van der Waals surface area (Å²) in [4.78, 5) is 37.3. The van der Waals surface area contributed by atoms with E-state index < -0.39 is 0 Å². The van der Waals surface area contributed by atoms with E-state index in [1.54, 1.807) is 0 Å². The molecule has 0 spiro atoms. The Morgan fingerprint density at radius 2 is 0.982 bits per heavy atom. The van der Waals surface area contributed by atoms with Gasteiger partial charge in [-0.15, -0.1) is 0 Å². The van der Waals surface area contributed by atoms with Crippen molar-refractivity contribution < 1.29 is 23.9 Å². The fourth-order valence-corrected chi connectivity index (χ4v) is 6.76. The molecule has 0 N–H and O–H groups in total. The van der Waals surface area contributed by atoms with E-state index in [9.17, 15) is 14.4 Å². The molecule has 330 valence electrons. The summed E-state index contributed by atoms with van der Waals surface area (Å²) in [5.41, 5.74) is 0.0132. The van der Waals surface area contributed by atoms with E-state index in [2.05, 4.69) is 57.7 Å². The van der Waals surface area contributed by atoms with E-state index in [0.29, 0.717) is 30.6 Å². The molecule has 0 radical (unpaired) electrons. The normalized spacial score (nSPS) is 12.6. The van der Waals surface area contributed by atoms with Crippen LogP contribution >= 0.6 is 0 Å². The molecule has 0 rings (SSSR count). The molecule has 0 saturated carbocycles. The molecule has 56 heavy (non-hydrogen) atoms. The van der Waals surface area contributed by atoms with Crippen molar-refractivity contribution in [2.75, 3.05) is 27.2 Å². The molecular formula is C50H95NO5. The Kier molecular flexibility index (Phi) is 38.7. The first-order valence-electron chi connectivity index (χ1n) is 23.5. The summed E-state index contributed by atoms with van der Waals surface area (Å²) in [5, 5.41) is 0. The second kappa shape index (κ2) is 38.6. The van der Waals surface area contributed by atoms with Gasteiger partial charge in [-0.25, -0.2) is 0 Å². The Morgan fingerprint density at radius 3 is 1.50 bits per heavy atom. The summed E-state index contributed by atoms with van der Waals surface area (Å²) in [5.74, 6) is 1.07. The Labute approximate surface area is 349 Å². The summed E-state index contributed by atoms with van der Waals surface area (Å²) in [6, 6.07) is 0. The number of carbonyl (C=O) groups excluding carboxylic acids is 3. The standard InChI is InChI=1S/C40H74O3.C10H21NO2/c1-6-8-10-12-14-15-21-27-33-38(41)34-28-22-17-19-25-31-37(40(3,4)5)32-26-20-18-23-29-35-39(42)43-36-30-24-16-13-11-9-7-2;1-10(2,3)13-9(12)7-6-8-11(4)5/h15,21,24,30,37H,6-14,16-20,22-23,25-29,31-36H2,1-5H3;6-8H2,1-5H3/b21-15-,30-24-;. The van der Waals surface area contributed by atoms with Gasteiger partial charge in [-0.1, -0.05) is 149 Å². The number of esters is 2. The van der Waals surface area contributed by atoms with Crippen LogP contribution in [0.25, 0.3) is 0 Å². The maximum absolute atomic E-state index is 12.2. The van der Waals surface area contributed by atoms with Crippen molar-refractivity contribution in [1.29, 1.82) is 0 Å². The fourth-order valence-electron chi connectivity index (χ4n) is 6.76. The molecule has 0 fully saturated rings. The summed E-state index contributed by atoms with van der Waals surface area (Å²) in [6.45, 7) is 18.7. The summed E-state index contributed by atoms with van der Waals surface area (Å²) in [6.07, 6.45) is 40.2. The quantitative estimate of drug-likeness (QED) is 0.0362. The molecule has 0 aliphatic carbocycles. The molecule has 0 bridgehead atoms. The van der Waals surface area contributed by atoms with E-state index in [-0.39, 0.29) is 17.5 Å². The van der Waals surface area contributed by atoms with Crippen molar-refractivity contribution in [2.24, 2.45) is 11.3 Å². The Bertz CT molecular complexity index is 919. The maximum Gasteiger partial charge on any atom is 0.306 e. The molecule has 0 aliphatic heterocycles. The Hall–Kier alpha value is -1.95. The number of ketones is 1. The second-order valence-corrected chi connectivity index (χ2v) is 18.6. The van der Waals surface area contributed by atoms with Crippen molar-refractivity contribution in [2.45, 2.75) is 241 Å². The van der Waals surface area contributed by atoms with Crippen molar-refractivity contribution in [3.8, 4) is 0 Å². The first-order valence-corrected chi connectivity index (χ1v) is 23.5. The van der Waals surface area contributed by atoms with Crippen LogP contribution in [-0.4, -0.2) is 55.5 Å². The number of carbonyl (C=O) groups is 3. The SMILES string of the molecule is CCCCCC/C=C\CCC(=O)CCCCCCCC(CCCCCCCC(=O)OC/C=C\CCCCCC)C(C)(C)C.CN(C)CCCC(=O)OC(C)(C)C. The van der Waals surface area contributed by atoms with Crippen LogP contribution in [0.5, 0.6) is 0 Å². The van der Waals surface area contributed by atoms with Crippen LogP contribution in [-0.2, 0) is 23.9 Å². The lowest BCUT2D eigenvalue weighted by molar-refractivity contribution is -0.155. The average molecular weight is 790 g/mol. The fraction of sp³-hybridized carbons (Fsp3) is 0.860. The highest BCUT2D eigenvalue weighted by atomic mass is 16.6. The number of ether oxygens (including phenoxy) is 2. The highest BCUT2D eigenvalue weighted by molar-refractivity contribution is 5.78. The lowest BCUT2D eigenvalue weighted by Gasteiger charge is -2.31. The minimum atomic E-state index is -0.352. The van der Waals surface area contributed by atoms with Gasteiger partial charge in [0.05, 0.1) is 0 Å². The third-order valence-electron chi connectivity index (χ3n) is 10.3. The molecule has 0 heterocycles. The van der Waals surface area contributed by atoms with Gasteiger partial charge in [-0.3, -0.25) is 14.4 Å². The van der Waals surface area contributed by atoms with Gasteiger partial charge in [-0.2, -0.15) is 0 Å². The Morgan fingerprint density at radius 1 is 0.518 bits per heavy atom. The van der Waals surface area contributed by atoms with Crippen LogP contribution in [0.15, 0.2) is 24.3 Å². The minimum absolute atomic E-state index is 0.0498.